The average Bonchev–Trinajstić information content (AvgIpc) is 2.47. The summed E-state index contributed by atoms with van der Waals surface area (Å²) in [6.07, 6.45) is 0. The first kappa shape index (κ1) is 14.5. The lowest BCUT2D eigenvalue weighted by Crippen LogP contribution is -2.21. The highest BCUT2D eigenvalue weighted by Crippen LogP contribution is 2.30. The number of para-hydroxylation sites is 1. The van der Waals surface area contributed by atoms with Crippen molar-refractivity contribution in [3.05, 3.63) is 59.7 Å². The molecular formula is C15H13NO5. The van der Waals surface area contributed by atoms with E-state index in [1.165, 1.54) is 18.2 Å². The topological polar surface area (TPSA) is 110 Å². The Labute approximate surface area is 120 Å². The number of aliphatic carboxylic acids is 1. The Morgan fingerprint density at radius 1 is 1.05 bits per heavy atom. The molecule has 0 aliphatic carbocycles. The molecule has 0 saturated carbocycles. The molecule has 6 nitrogen and oxygen atoms in total. The molecule has 0 radical (unpaired) electrons. The molecule has 0 aliphatic rings. The summed E-state index contributed by atoms with van der Waals surface area (Å²) in [4.78, 5) is 22.0. The van der Waals surface area contributed by atoms with Crippen molar-refractivity contribution >= 4 is 11.9 Å². The normalized spacial score (nSPS) is 11.7. The van der Waals surface area contributed by atoms with Crippen LogP contribution in [0.15, 0.2) is 48.5 Å². The van der Waals surface area contributed by atoms with Crippen molar-refractivity contribution < 1.29 is 24.5 Å². The second-order valence-electron chi connectivity index (χ2n) is 4.29. The standard InChI is InChI=1S/C15H13NO5/c16-13(15(19)20)11-7-6-9(14(17)18)8-12(11)21-10-4-2-1-3-5-10/h1-8,13H,16H2,(H,17,18)(H,19,20). The molecule has 6 heteroatoms. The quantitative estimate of drug-likeness (QED) is 0.778. The molecule has 108 valence electrons. The minimum Gasteiger partial charge on any atom is -0.480 e. The Morgan fingerprint density at radius 2 is 1.71 bits per heavy atom. The van der Waals surface area contributed by atoms with E-state index in [2.05, 4.69) is 0 Å². The van der Waals surface area contributed by atoms with Crippen LogP contribution in [0.3, 0.4) is 0 Å². The van der Waals surface area contributed by atoms with Crippen molar-refractivity contribution in [2.75, 3.05) is 0 Å². The number of ether oxygens (including phenoxy) is 1. The number of rotatable bonds is 5. The molecule has 2 aromatic rings. The predicted molar refractivity (Wildman–Crippen MR) is 74.5 cm³/mol. The molecule has 0 aliphatic heterocycles. The molecule has 2 rings (SSSR count). The van der Waals surface area contributed by atoms with Crippen LogP contribution in [0, 0.1) is 0 Å². The molecule has 0 bridgehead atoms. The van der Waals surface area contributed by atoms with E-state index < -0.39 is 18.0 Å². The second-order valence-corrected chi connectivity index (χ2v) is 4.29. The van der Waals surface area contributed by atoms with Crippen molar-refractivity contribution in [2.45, 2.75) is 6.04 Å². The van der Waals surface area contributed by atoms with Gasteiger partial charge in [0.15, 0.2) is 0 Å². The van der Waals surface area contributed by atoms with Gasteiger partial charge >= 0.3 is 11.9 Å². The van der Waals surface area contributed by atoms with Crippen LogP contribution in [0.2, 0.25) is 0 Å². The average molecular weight is 287 g/mol. The van der Waals surface area contributed by atoms with Crippen LogP contribution in [0.1, 0.15) is 22.0 Å². The maximum atomic E-state index is 11.0. The molecule has 0 heterocycles. The number of carboxylic acids is 2. The summed E-state index contributed by atoms with van der Waals surface area (Å²) in [7, 11) is 0. The Hall–Kier alpha value is -2.86. The molecule has 0 amide bonds. The second kappa shape index (κ2) is 6.06. The lowest BCUT2D eigenvalue weighted by Gasteiger charge is -2.14. The number of carbonyl (C=O) groups is 2. The minimum atomic E-state index is -1.30. The number of hydrogen-bond donors (Lipinski definition) is 3. The molecule has 1 atom stereocenters. The number of benzene rings is 2. The maximum Gasteiger partial charge on any atom is 0.335 e. The fourth-order valence-corrected chi connectivity index (χ4v) is 1.76. The molecule has 2 aromatic carbocycles. The minimum absolute atomic E-state index is 0.0118. The van der Waals surface area contributed by atoms with Crippen molar-refractivity contribution in [3.8, 4) is 11.5 Å². The SMILES string of the molecule is NC(C(=O)O)c1ccc(C(=O)O)cc1Oc1ccccc1. The van der Waals surface area contributed by atoms with Crippen molar-refractivity contribution in [2.24, 2.45) is 5.73 Å². The predicted octanol–water partition coefficient (Wildman–Crippen LogP) is 2.26. The Bertz CT molecular complexity index is 669. The summed E-state index contributed by atoms with van der Waals surface area (Å²) in [5.74, 6) is -1.80. The number of carboxylic acid groups (broad SMARTS) is 2. The van der Waals surface area contributed by atoms with Gasteiger partial charge < -0.3 is 20.7 Å². The van der Waals surface area contributed by atoms with Crippen LogP contribution in [-0.4, -0.2) is 22.2 Å². The zero-order valence-electron chi connectivity index (χ0n) is 10.9. The third-order valence-electron chi connectivity index (χ3n) is 2.83. The van der Waals surface area contributed by atoms with Gasteiger partial charge in [0, 0.05) is 5.56 Å². The number of hydrogen-bond acceptors (Lipinski definition) is 4. The fraction of sp³-hybridized carbons (Fsp3) is 0.0667. The van der Waals surface area contributed by atoms with Crippen molar-refractivity contribution in [3.63, 3.8) is 0 Å². The fourth-order valence-electron chi connectivity index (χ4n) is 1.76. The van der Waals surface area contributed by atoms with Gasteiger partial charge in [-0.2, -0.15) is 0 Å². The van der Waals surface area contributed by atoms with Crippen LogP contribution in [0.4, 0.5) is 0 Å². The zero-order valence-corrected chi connectivity index (χ0v) is 10.9. The summed E-state index contributed by atoms with van der Waals surface area (Å²) in [6.45, 7) is 0. The largest absolute Gasteiger partial charge is 0.480 e. The molecule has 0 saturated heterocycles. The van der Waals surface area contributed by atoms with Crippen LogP contribution >= 0.6 is 0 Å². The van der Waals surface area contributed by atoms with E-state index in [4.69, 9.17) is 20.7 Å². The zero-order chi connectivity index (χ0) is 15.4. The van der Waals surface area contributed by atoms with E-state index in [-0.39, 0.29) is 16.9 Å². The summed E-state index contributed by atoms with van der Waals surface area (Å²) in [5.41, 5.74) is 5.78. The number of aromatic carboxylic acids is 1. The van der Waals surface area contributed by atoms with Crippen molar-refractivity contribution in [1.82, 2.24) is 0 Å². The van der Waals surface area contributed by atoms with Gasteiger partial charge in [-0.3, -0.25) is 4.79 Å². The van der Waals surface area contributed by atoms with Gasteiger partial charge in [-0.15, -0.1) is 0 Å². The third-order valence-corrected chi connectivity index (χ3v) is 2.83. The Kier molecular flexibility index (Phi) is 4.20. The molecule has 0 spiro atoms. The highest BCUT2D eigenvalue weighted by Gasteiger charge is 2.21. The highest BCUT2D eigenvalue weighted by atomic mass is 16.5. The molecule has 21 heavy (non-hydrogen) atoms. The maximum absolute atomic E-state index is 11.0. The lowest BCUT2D eigenvalue weighted by molar-refractivity contribution is -0.138. The highest BCUT2D eigenvalue weighted by molar-refractivity contribution is 5.88. The van der Waals surface area contributed by atoms with Crippen LogP contribution in [0.5, 0.6) is 11.5 Å². The Morgan fingerprint density at radius 3 is 2.29 bits per heavy atom. The van der Waals surface area contributed by atoms with E-state index in [1.54, 1.807) is 30.3 Å². The third kappa shape index (κ3) is 3.37. The summed E-state index contributed by atoms with van der Waals surface area (Å²) >= 11 is 0. The molecular weight excluding hydrogens is 274 g/mol. The van der Waals surface area contributed by atoms with E-state index in [0.29, 0.717) is 5.75 Å². The van der Waals surface area contributed by atoms with Crippen LogP contribution in [0.25, 0.3) is 0 Å². The smallest absolute Gasteiger partial charge is 0.335 e. The number of nitrogens with two attached hydrogens (primary N) is 1. The van der Waals surface area contributed by atoms with E-state index in [1.807, 2.05) is 0 Å². The van der Waals surface area contributed by atoms with Gasteiger partial charge in [0.05, 0.1) is 5.56 Å². The van der Waals surface area contributed by atoms with Gasteiger partial charge in [0.25, 0.3) is 0 Å². The van der Waals surface area contributed by atoms with E-state index in [9.17, 15) is 9.59 Å². The van der Waals surface area contributed by atoms with Gasteiger partial charge in [0.2, 0.25) is 0 Å². The molecule has 0 aromatic heterocycles. The first-order chi connectivity index (χ1) is 9.99. The monoisotopic (exact) mass is 287 g/mol. The van der Waals surface area contributed by atoms with Gasteiger partial charge in [-0.05, 0) is 24.3 Å². The molecule has 0 fully saturated rings. The van der Waals surface area contributed by atoms with E-state index >= 15 is 0 Å². The summed E-state index contributed by atoms with van der Waals surface area (Å²) < 4.78 is 5.56. The summed E-state index contributed by atoms with van der Waals surface area (Å²) in [6, 6.07) is 11.2. The van der Waals surface area contributed by atoms with Crippen LogP contribution in [-0.2, 0) is 4.79 Å². The summed E-state index contributed by atoms with van der Waals surface area (Å²) in [5, 5.41) is 18.0. The van der Waals surface area contributed by atoms with Gasteiger partial charge in [-0.1, -0.05) is 24.3 Å². The lowest BCUT2D eigenvalue weighted by atomic mass is 10.0. The molecule has 1 unspecified atom stereocenters. The Balaban J connectivity index is 2.45. The van der Waals surface area contributed by atoms with Crippen molar-refractivity contribution in [1.29, 1.82) is 0 Å². The van der Waals surface area contributed by atoms with Gasteiger partial charge in [0.1, 0.15) is 17.5 Å². The first-order valence-electron chi connectivity index (χ1n) is 6.07. The molecule has 4 N–H and O–H groups in total. The van der Waals surface area contributed by atoms with Crippen LogP contribution < -0.4 is 10.5 Å². The van der Waals surface area contributed by atoms with Gasteiger partial charge in [-0.25, -0.2) is 4.79 Å². The first-order valence-corrected chi connectivity index (χ1v) is 6.07. The van der Waals surface area contributed by atoms with E-state index in [0.717, 1.165) is 0 Å².